The van der Waals surface area contributed by atoms with E-state index in [0.717, 1.165) is 16.0 Å². The average molecular weight is 353 g/mol. The Balaban J connectivity index is 1.77. The van der Waals surface area contributed by atoms with Crippen molar-refractivity contribution in [2.45, 2.75) is 20.4 Å². The highest BCUT2D eigenvalue weighted by atomic mass is 16.6. The summed E-state index contributed by atoms with van der Waals surface area (Å²) < 4.78 is 0. The zero-order chi connectivity index (χ0) is 19.0. The van der Waals surface area contributed by atoms with Crippen molar-refractivity contribution in [1.29, 1.82) is 0 Å². The van der Waals surface area contributed by atoms with Gasteiger partial charge in [0, 0.05) is 18.7 Å². The van der Waals surface area contributed by atoms with E-state index in [-0.39, 0.29) is 23.5 Å². The van der Waals surface area contributed by atoms with E-state index in [2.05, 4.69) is 6.07 Å². The van der Waals surface area contributed by atoms with Crippen LogP contribution in [-0.2, 0) is 6.54 Å². The third-order valence-electron chi connectivity index (χ3n) is 4.49. The molecule has 1 aliphatic rings. The van der Waals surface area contributed by atoms with Crippen molar-refractivity contribution in [3.63, 3.8) is 0 Å². The Hall–Kier alpha value is -3.06. The summed E-state index contributed by atoms with van der Waals surface area (Å²) in [5.41, 5.74) is 3.54. The van der Waals surface area contributed by atoms with Crippen LogP contribution >= 0.6 is 0 Å². The summed E-state index contributed by atoms with van der Waals surface area (Å²) >= 11 is 0. The molecule has 0 saturated heterocycles. The van der Waals surface area contributed by atoms with E-state index >= 15 is 0 Å². The summed E-state index contributed by atoms with van der Waals surface area (Å²) in [6, 6.07) is 9.90. The summed E-state index contributed by atoms with van der Waals surface area (Å²) in [4.78, 5) is 38.3. The quantitative estimate of drug-likeness (QED) is 0.469. The highest BCUT2D eigenvalue weighted by Crippen LogP contribution is 2.27. The number of carbonyl (C=O) groups excluding carboxylic acids is 2. The van der Waals surface area contributed by atoms with Gasteiger partial charge in [-0.3, -0.25) is 29.5 Å². The largest absolute Gasteiger partial charge is 0.284 e. The lowest BCUT2D eigenvalue weighted by molar-refractivity contribution is -0.384. The highest BCUT2D eigenvalue weighted by Gasteiger charge is 2.37. The first-order valence-electron chi connectivity index (χ1n) is 8.17. The van der Waals surface area contributed by atoms with Crippen molar-refractivity contribution < 1.29 is 14.5 Å². The molecule has 0 unspecified atom stereocenters. The van der Waals surface area contributed by atoms with E-state index in [4.69, 9.17) is 0 Å². The molecule has 2 aromatic carbocycles. The molecule has 2 amide bonds. The van der Waals surface area contributed by atoms with E-state index in [1.165, 1.54) is 23.8 Å². The number of imide groups is 1. The van der Waals surface area contributed by atoms with Crippen LogP contribution in [0, 0.1) is 24.0 Å². The number of non-ortho nitro benzene ring substituents is 1. The van der Waals surface area contributed by atoms with Crippen LogP contribution in [0.3, 0.4) is 0 Å². The molecular formula is C19H19N3O4. The Labute approximate surface area is 151 Å². The van der Waals surface area contributed by atoms with Crippen LogP contribution in [0.5, 0.6) is 0 Å². The number of rotatable bonds is 5. The molecule has 7 heteroatoms. The van der Waals surface area contributed by atoms with E-state index < -0.39 is 16.7 Å². The van der Waals surface area contributed by atoms with Crippen molar-refractivity contribution in [1.82, 2.24) is 9.80 Å². The number of nitro groups is 1. The fourth-order valence-corrected chi connectivity index (χ4v) is 3.13. The van der Waals surface area contributed by atoms with Gasteiger partial charge in [0.05, 0.1) is 22.7 Å². The van der Waals surface area contributed by atoms with Gasteiger partial charge in [0.1, 0.15) is 0 Å². The number of nitrogens with zero attached hydrogens (tertiary/aromatic N) is 3. The van der Waals surface area contributed by atoms with Gasteiger partial charge in [0.15, 0.2) is 0 Å². The monoisotopic (exact) mass is 353 g/mol. The van der Waals surface area contributed by atoms with Crippen LogP contribution in [0.15, 0.2) is 36.4 Å². The van der Waals surface area contributed by atoms with Gasteiger partial charge in [-0.1, -0.05) is 23.8 Å². The molecule has 0 spiro atoms. The Morgan fingerprint density at radius 3 is 2.38 bits per heavy atom. The summed E-state index contributed by atoms with van der Waals surface area (Å²) in [5, 5.41) is 10.9. The maximum absolute atomic E-state index is 12.5. The van der Waals surface area contributed by atoms with Gasteiger partial charge >= 0.3 is 0 Å². The van der Waals surface area contributed by atoms with Crippen LogP contribution in [0.1, 0.15) is 37.4 Å². The first-order chi connectivity index (χ1) is 12.3. The molecular weight excluding hydrogens is 334 g/mol. The van der Waals surface area contributed by atoms with Crippen molar-refractivity contribution in [2.24, 2.45) is 0 Å². The van der Waals surface area contributed by atoms with E-state index in [1.807, 2.05) is 37.9 Å². The zero-order valence-electron chi connectivity index (χ0n) is 14.9. The first-order valence-corrected chi connectivity index (χ1v) is 8.17. The molecule has 0 atom stereocenters. The number of hydrogen-bond acceptors (Lipinski definition) is 5. The Morgan fingerprint density at radius 2 is 1.73 bits per heavy atom. The van der Waals surface area contributed by atoms with Gasteiger partial charge in [-0.15, -0.1) is 0 Å². The zero-order valence-corrected chi connectivity index (χ0v) is 14.9. The predicted molar refractivity (Wildman–Crippen MR) is 95.8 cm³/mol. The van der Waals surface area contributed by atoms with Gasteiger partial charge < -0.3 is 0 Å². The molecule has 0 radical (unpaired) electrons. The standard InChI is InChI=1S/C19H19N3O4/c1-12-4-5-14(13(2)8-12)10-20(3)11-21-18(23)16-7-6-15(22(25)26)9-17(16)19(21)24/h4-9H,10-11H2,1-3H3. The fourth-order valence-electron chi connectivity index (χ4n) is 3.13. The molecule has 0 aromatic heterocycles. The summed E-state index contributed by atoms with van der Waals surface area (Å²) in [7, 11) is 1.82. The molecule has 26 heavy (non-hydrogen) atoms. The fraction of sp³-hybridized carbons (Fsp3) is 0.263. The van der Waals surface area contributed by atoms with Gasteiger partial charge in [-0.2, -0.15) is 0 Å². The third-order valence-corrected chi connectivity index (χ3v) is 4.49. The maximum atomic E-state index is 12.5. The second-order valence-corrected chi connectivity index (χ2v) is 6.61. The van der Waals surface area contributed by atoms with E-state index in [0.29, 0.717) is 6.54 Å². The van der Waals surface area contributed by atoms with Gasteiger partial charge in [0.25, 0.3) is 17.5 Å². The number of carbonyl (C=O) groups is 2. The number of aryl methyl sites for hydroxylation is 2. The molecule has 1 aliphatic heterocycles. The van der Waals surface area contributed by atoms with Gasteiger partial charge in [0.2, 0.25) is 0 Å². The molecule has 3 rings (SSSR count). The molecule has 0 aliphatic carbocycles. The SMILES string of the molecule is Cc1ccc(CN(C)CN2C(=O)c3ccc([N+](=O)[O-])cc3C2=O)c(C)c1. The van der Waals surface area contributed by atoms with Gasteiger partial charge in [-0.25, -0.2) is 0 Å². The second kappa shape index (κ2) is 6.68. The minimum Gasteiger partial charge on any atom is -0.284 e. The summed E-state index contributed by atoms with van der Waals surface area (Å²) in [6.45, 7) is 4.75. The molecule has 0 fully saturated rings. The molecule has 134 valence electrons. The lowest BCUT2D eigenvalue weighted by Crippen LogP contribution is -2.39. The van der Waals surface area contributed by atoms with Crippen LogP contribution < -0.4 is 0 Å². The van der Waals surface area contributed by atoms with Crippen molar-refractivity contribution in [2.75, 3.05) is 13.7 Å². The minimum atomic E-state index is -0.576. The Bertz CT molecular complexity index is 923. The average Bonchev–Trinajstić information content (AvgIpc) is 2.82. The van der Waals surface area contributed by atoms with Crippen molar-refractivity contribution in [3.8, 4) is 0 Å². The lowest BCUT2D eigenvalue weighted by Gasteiger charge is -2.23. The van der Waals surface area contributed by atoms with Crippen molar-refractivity contribution in [3.05, 3.63) is 74.3 Å². The maximum Gasteiger partial charge on any atom is 0.270 e. The predicted octanol–water partition coefficient (Wildman–Crippen LogP) is 2.90. The highest BCUT2D eigenvalue weighted by molar-refractivity contribution is 6.21. The molecule has 0 bridgehead atoms. The molecule has 0 N–H and O–H groups in total. The summed E-state index contributed by atoms with van der Waals surface area (Å²) in [5.74, 6) is -0.923. The number of benzene rings is 2. The Kier molecular flexibility index (Phi) is 4.56. The van der Waals surface area contributed by atoms with Gasteiger partial charge in [-0.05, 0) is 38.1 Å². The smallest absolute Gasteiger partial charge is 0.270 e. The van der Waals surface area contributed by atoms with Crippen LogP contribution in [0.2, 0.25) is 0 Å². The second-order valence-electron chi connectivity index (χ2n) is 6.61. The number of nitro benzene ring substituents is 1. The van der Waals surface area contributed by atoms with E-state index in [1.54, 1.807) is 0 Å². The number of fused-ring (bicyclic) bond motifs is 1. The molecule has 0 saturated carbocycles. The first kappa shape index (κ1) is 17.8. The van der Waals surface area contributed by atoms with E-state index in [9.17, 15) is 19.7 Å². The normalized spacial score (nSPS) is 13.5. The topological polar surface area (TPSA) is 83.8 Å². The van der Waals surface area contributed by atoms with Crippen molar-refractivity contribution >= 4 is 17.5 Å². The van der Waals surface area contributed by atoms with Crippen LogP contribution in [-0.4, -0.2) is 40.3 Å². The minimum absolute atomic E-state index is 0.0871. The number of amides is 2. The third kappa shape index (κ3) is 3.21. The van der Waals surface area contributed by atoms with Crippen LogP contribution in [0.25, 0.3) is 0 Å². The lowest BCUT2D eigenvalue weighted by atomic mass is 10.1. The number of hydrogen-bond donors (Lipinski definition) is 0. The summed E-state index contributed by atoms with van der Waals surface area (Å²) in [6.07, 6.45) is 0. The Morgan fingerprint density at radius 1 is 1.04 bits per heavy atom. The van der Waals surface area contributed by atoms with Crippen LogP contribution in [0.4, 0.5) is 5.69 Å². The molecule has 7 nitrogen and oxygen atoms in total. The molecule has 1 heterocycles. The molecule has 2 aromatic rings.